The average Bonchev–Trinajstić information content (AvgIpc) is 2.66. The summed E-state index contributed by atoms with van der Waals surface area (Å²) in [6, 6.07) is 10.2. The summed E-state index contributed by atoms with van der Waals surface area (Å²) in [4.78, 5) is 17.0. The monoisotopic (exact) mass is 269 g/mol. The Kier molecular flexibility index (Phi) is 3.65. The highest BCUT2D eigenvalue weighted by atomic mass is 16.1. The van der Waals surface area contributed by atoms with E-state index < -0.39 is 0 Å². The van der Waals surface area contributed by atoms with E-state index in [9.17, 15) is 4.79 Å². The van der Waals surface area contributed by atoms with Crippen molar-refractivity contribution in [3.05, 3.63) is 63.8 Å². The summed E-state index contributed by atoms with van der Waals surface area (Å²) in [5, 5.41) is 0. The lowest BCUT2D eigenvalue weighted by Gasteiger charge is -2.09. The van der Waals surface area contributed by atoms with Crippen molar-refractivity contribution in [1.82, 2.24) is 9.55 Å². The Morgan fingerprint density at radius 3 is 2.75 bits per heavy atom. The van der Waals surface area contributed by atoms with Crippen LogP contribution in [0.15, 0.2) is 41.5 Å². The molecular formula is C16H19N3O. The van der Waals surface area contributed by atoms with Crippen molar-refractivity contribution in [2.75, 3.05) is 0 Å². The van der Waals surface area contributed by atoms with Gasteiger partial charge in [-0.15, -0.1) is 0 Å². The lowest BCUT2D eigenvalue weighted by molar-refractivity contribution is 0.587. The molecule has 3 rings (SSSR count). The predicted molar refractivity (Wildman–Crippen MR) is 78.7 cm³/mol. The number of benzene rings is 1. The number of aromatic nitrogens is 2. The third-order valence-electron chi connectivity index (χ3n) is 3.93. The van der Waals surface area contributed by atoms with Gasteiger partial charge in [-0.1, -0.05) is 30.3 Å². The molecular weight excluding hydrogens is 250 g/mol. The van der Waals surface area contributed by atoms with Gasteiger partial charge in [0.2, 0.25) is 0 Å². The van der Waals surface area contributed by atoms with E-state index in [-0.39, 0.29) is 11.6 Å². The van der Waals surface area contributed by atoms with E-state index in [4.69, 9.17) is 5.73 Å². The zero-order valence-corrected chi connectivity index (χ0v) is 11.5. The lowest BCUT2D eigenvalue weighted by atomic mass is 10.1. The molecule has 0 aliphatic heterocycles. The molecule has 0 amide bonds. The molecule has 1 aromatic heterocycles. The normalized spacial score (nSPS) is 18.4. The SMILES string of the molecule is NC1CCc2ncn(Cc3ccccc3)c(=O)c2CC1. The molecule has 0 saturated carbocycles. The Bertz CT molecular complexity index is 649. The van der Waals surface area contributed by atoms with E-state index in [1.54, 1.807) is 10.9 Å². The first kappa shape index (κ1) is 13.1. The summed E-state index contributed by atoms with van der Waals surface area (Å²) in [6.45, 7) is 0.575. The van der Waals surface area contributed by atoms with E-state index in [1.807, 2.05) is 30.3 Å². The zero-order valence-electron chi connectivity index (χ0n) is 11.5. The molecule has 0 saturated heterocycles. The van der Waals surface area contributed by atoms with Crippen molar-refractivity contribution in [1.29, 1.82) is 0 Å². The van der Waals surface area contributed by atoms with Crippen LogP contribution in [-0.2, 0) is 19.4 Å². The Morgan fingerprint density at radius 2 is 1.95 bits per heavy atom. The van der Waals surface area contributed by atoms with Crippen LogP contribution in [0.2, 0.25) is 0 Å². The average molecular weight is 269 g/mol. The molecule has 2 N–H and O–H groups in total. The van der Waals surface area contributed by atoms with Crippen LogP contribution in [0.3, 0.4) is 0 Å². The maximum atomic E-state index is 12.6. The second-order valence-electron chi connectivity index (χ2n) is 5.43. The molecule has 0 radical (unpaired) electrons. The van der Waals surface area contributed by atoms with Crippen LogP contribution < -0.4 is 11.3 Å². The van der Waals surface area contributed by atoms with Crippen LogP contribution in [0.4, 0.5) is 0 Å². The highest BCUT2D eigenvalue weighted by molar-refractivity contribution is 5.21. The fourth-order valence-electron chi connectivity index (χ4n) is 2.72. The Labute approximate surface area is 118 Å². The molecule has 104 valence electrons. The van der Waals surface area contributed by atoms with Gasteiger partial charge in [0.1, 0.15) is 0 Å². The molecule has 1 aromatic carbocycles. The molecule has 0 spiro atoms. The minimum absolute atomic E-state index is 0.0907. The third-order valence-corrected chi connectivity index (χ3v) is 3.93. The highest BCUT2D eigenvalue weighted by Crippen LogP contribution is 2.15. The van der Waals surface area contributed by atoms with E-state index >= 15 is 0 Å². The third kappa shape index (κ3) is 2.65. The number of rotatable bonds is 2. The van der Waals surface area contributed by atoms with Crippen molar-refractivity contribution in [3.8, 4) is 0 Å². The van der Waals surface area contributed by atoms with Crippen molar-refractivity contribution >= 4 is 0 Å². The van der Waals surface area contributed by atoms with Crippen LogP contribution in [0.5, 0.6) is 0 Å². The minimum Gasteiger partial charge on any atom is -0.328 e. The van der Waals surface area contributed by atoms with E-state index in [1.165, 1.54) is 0 Å². The van der Waals surface area contributed by atoms with Gasteiger partial charge >= 0.3 is 0 Å². The standard InChI is InChI=1S/C16H19N3O/c17-13-6-8-14-15(9-7-13)18-11-19(16(14)20)10-12-4-2-1-3-5-12/h1-5,11,13H,6-10,17H2. The molecule has 1 aliphatic carbocycles. The first-order valence-electron chi connectivity index (χ1n) is 7.11. The summed E-state index contributed by atoms with van der Waals surface area (Å²) in [5.41, 5.74) is 8.99. The highest BCUT2D eigenvalue weighted by Gasteiger charge is 2.18. The van der Waals surface area contributed by atoms with Gasteiger partial charge in [-0.25, -0.2) is 4.98 Å². The van der Waals surface area contributed by atoms with E-state index in [2.05, 4.69) is 4.98 Å². The Balaban J connectivity index is 1.93. The molecule has 1 aliphatic rings. The van der Waals surface area contributed by atoms with Crippen molar-refractivity contribution in [3.63, 3.8) is 0 Å². The smallest absolute Gasteiger partial charge is 0.257 e. The summed E-state index contributed by atoms with van der Waals surface area (Å²) in [7, 11) is 0. The Hall–Kier alpha value is -1.94. The molecule has 20 heavy (non-hydrogen) atoms. The number of hydrogen-bond donors (Lipinski definition) is 1. The minimum atomic E-state index is 0.0907. The molecule has 2 aromatic rings. The molecule has 4 heteroatoms. The molecule has 1 unspecified atom stereocenters. The van der Waals surface area contributed by atoms with Crippen molar-refractivity contribution < 1.29 is 0 Å². The molecule has 1 atom stereocenters. The number of nitrogens with two attached hydrogens (primary N) is 1. The van der Waals surface area contributed by atoms with Crippen molar-refractivity contribution in [2.45, 2.75) is 38.3 Å². The topological polar surface area (TPSA) is 60.9 Å². The van der Waals surface area contributed by atoms with Gasteiger partial charge in [-0.3, -0.25) is 9.36 Å². The quantitative estimate of drug-likeness (QED) is 0.840. The van der Waals surface area contributed by atoms with Gasteiger partial charge in [-0.05, 0) is 31.2 Å². The maximum absolute atomic E-state index is 12.6. The molecule has 1 heterocycles. The molecule has 0 fully saturated rings. The molecule has 4 nitrogen and oxygen atoms in total. The second-order valence-corrected chi connectivity index (χ2v) is 5.43. The van der Waals surface area contributed by atoms with E-state index in [0.717, 1.165) is 42.5 Å². The molecule has 0 bridgehead atoms. The predicted octanol–water partition coefficient (Wildman–Crippen LogP) is 1.50. The number of nitrogens with zero attached hydrogens (tertiary/aromatic N) is 2. The van der Waals surface area contributed by atoms with Crippen molar-refractivity contribution in [2.24, 2.45) is 5.73 Å². The van der Waals surface area contributed by atoms with Crippen LogP contribution in [-0.4, -0.2) is 15.6 Å². The second kappa shape index (κ2) is 5.59. The largest absolute Gasteiger partial charge is 0.328 e. The lowest BCUT2D eigenvalue weighted by Crippen LogP contribution is -2.26. The fourth-order valence-corrected chi connectivity index (χ4v) is 2.72. The van der Waals surface area contributed by atoms with Gasteiger partial charge in [0.05, 0.1) is 18.6 Å². The van der Waals surface area contributed by atoms with Gasteiger partial charge in [0.25, 0.3) is 5.56 Å². The van der Waals surface area contributed by atoms with Gasteiger partial charge in [0.15, 0.2) is 0 Å². The van der Waals surface area contributed by atoms with Crippen LogP contribution in [0.1, 0.15) is 29.7 Å². The number of fused-ring (bicyclic) bond motifs is 1. The zero-order chi connectivity index (χ0) is 13.9. The van der Waals surface area contributed by atoms with Gasteiger partial charge < -0.3 is 5.73 Å². The Morgan fingerprint density at radius 1 is 1.20 bits per heavy atom. The summed E-state index contributed by atoms with van der Waals surface area (Å²) in [6.07, 6.45) is 5.03. The van der Waals surface area contributed by atoms with Gasteiger partial charge in [-0.2, -0.15) is 0 Å². The first-order chi connectivity index (χ1) is 9.74. The summed E-state index contributed by atoms with van der Waals surface area (Å²) in [5.74, 6) is 0. The summed E-state index contributed by atoms with van der Waals surface area (Å²) < 4.78 is 1.70. The van der Waals surface area contributed by atoms with Crippen LogP contribution in [0.25, 0.3) is 0 Å². The fraction of sp³-hybridized carbons (Fsp3) is 0.375. The summed E-state index contributed by atoms with van der Waals surface area (Å²) >= 11 is 0. The van der Waals surface area contributed by atoms with E-state index in [0.29, 0.717) is 6.54 Å². The number of hydrogen-bond acceptors (Lipinski definition) is 3. The maximum Gasteiger partial charge on any atom is 0.257 e. The number of aryl methyl sites for hydroxylation is 1. The van der Waals surface area contributed by atoms with Crippen LogP contribution >= 0.6 is 0 Å². The van der Waals surface area contributed by atoms with Crippen LogP contribution in [0, 0.1) is 0 Å². The first-order valence-corrected chi connectivity index (χ1v) is 7.11. The van der Waals surface area contributed by atoms with Gasteiger partial charge in [0, 0.05) is 11.6 Å².